The van der Waals surface area contributed by atoms with Gasteiger partial charge in [0.15, 0.2) is 0 Å². The number of aliphatic carboxylic acids is 1. The summed E-state index contributed by atoms with van der Waals surface area (Å²) in [5.41, 5.74) is -1.03. The molecule has 1 fully saturated rings. The van der Waals surface area contributed by atoms with E-state index in [0.29, 0.717) is 0 Å². The molecule has 1 heterocycles. The zero-order valence-electron chi connectivity index (χ0n) is 8.24. The normalized spacial score (nSPS) is 18.6. The highest BCUT2D eigenvalue weighted by Crippen LogP contribution is 2.34. The van der Waals surface area contributed by atoms with Gasteiger partial charge in [-0.1, -0.05) is 0 Å². The number of carbonyl (C=O) groups excluding carboxylic acids is 2. The van der Waals surface area contributed by atoms with E-state index in [0.717, 1.165) is 0 Å². The Morgan fingerprint density at radius 1 is 1.29 bits per heavy atom. The molecule has 0 aromatic carbocycles. The number of amides is 1. The van der Waals surface area contributed by atoms with Crippen LogP contribution in [0.25, 0.3) is 0 Å². The Kier molecular flexibility index (Phi) is 2.59. The van der Waals surface area contributed by atoms with Gasteiger partial charge in [0.1, 0.15) is 11.2 Å². The van der Waals surface area contributed by atoms with E-state index in [2.05, 4.69) is 0 Å². The molecule has 0 bridgehead atoms. The molecule has 1 rings (SSSR count). The summed E-state index contributed by atoms with van der Waals surface area (Å²) in [6.07, 6.45) is 0.00606. The molecule has 0 spiro atoms. The van der Waals surface area contributed by atoms with Gasteiger partial charge in [-0.15, -0.1) is 0 Å². The fourth-order valence-electron chi connectivity index (χ4n) is 1.71. The third kappa shape index (κ3) is 1.76. The van der Waals surface area contributed by atoms with Crippen molar-refractivity contribution in [1.29, 1.82) is 0 Å². The quantitative estimate of drug-likeness (QED) is 0.688. The van der Waals surface area contributed by atoms with Crippen LogP contribution in [-0.2, 0) is 14.4 Å². The summed E-state index contributed by atoms with van der Waals surface area (Å²) in [5, 5.41) is 8.94. The van der Waals surface area contributed by atoms with Gasteiger partial charge in [-0.2, -0.15) is 0 Å². The topological polar surface area (TPSA) is 74.7 Å². The van der Waals surface area contributed by atoms with Crippen LogP contribution < -0.4 is 0 Å². The van der Waals surface area contributed by atoms with Gasteiger partial charge in [0.2, 0.25) is 5.91 Å². The molecule has 0 unspecified atom stereocenters. The van der Waals surface area contributed by atoms with Crippen molar-refractivity contribution in [2.45, 2.75) is 20.3 Å². The van der Waals surface area contributed by atoms with Crippen LogP contribution in [0.15, 0.2) is 0 Å². The fraction of sp³-hybridized carbons (Fsp3) is 0.667. The van der Waals surface area contributed by atoms with Crippen LogP contribution in [0.3, 0.4) is 0 Å². The minimum absolute atomic E-state index is 0.00606. The highest BCUT2D eigenvalue weighted by Gasteiger charge is 2.51. The van der Waals surface area contributed by atoms with E-state index in [1.54, 1.807) is 0 Å². The number of Topliss-reactive ketones (excluding diaryl/α,β-unsaturated/α-hetero) is 1. The maximum atomic E-state index is 10.9. The Hall–Kier alpha value is -1.39. The molecule has 0 aromatic rings. The summed E-state index contributed by atoms with van der Waals surface area (Å²) in [6.45, 7) is 3.05. The van der Waals surface area contributed by atoms with Crippen LogP contribution in [-0.4, -0.2) is 40.8 Å². The molecule has 0 aliphatic carbocycles. The van der Waals surface area contributed by atoms with Gasteiger partial charge in [0, 0.05) is 26.4 Å². The minimum Gasteiger partial charge on any atom is -0.481 e. The van der Waals surface area contributed by atoms with Crippen molar-refractivity contribution in [3.05, 3.63) is 0 Å². The first-order valence-electron chi connectivity index (χ1n) is 4.36. The predicted molar refractivity (Wildman–Crippen MR) is 47.6 cm³/mol. The highest BCUT2D eigenvalue weighted by atomic mass is 16.4. The van der Waals surface area contributed by atoms with Crippen molar-refractivity contribution >= 4 is 17.7 Å². The van der Waals surface area contributed by atoms with Crippen molar-refractivity contribution in [1.82, 2.24) is 4.90 Å². The van der Waals surface area contributed by atoms with Gasteiger partial charge in [0.25, 0.3) is 0 Å². The molecule has 0 saturated carbocycles. The summed E-state index contributed by atoms with van der Waals surface area (Å²) in [6, 6.07) is 0. The molecule has 1 amide bonds. The Labute approximate surface area is 81.7 Å². The van der Waals surface area contributed by atoms with Crippen molar-refractivity contribution in [3.8, 4) is 0 Å². The van der Waals surface area contributed by atoms with Crippen LogP contribution in [0.2, 0.25) is 0 Å². The van der Waals surface area contributed by atoms with E-state index in [1.807, 2.05) is 0 Å². The maximum absolute atomic E-state index is 10.9. The number of nitrogens with zero attached hydrogens (tertiary/aromatic N) is 1. The van der Waals surface area contributed by atoms with E-state index in [4.69, 9.17) is 5.11 Å². The minimum atomic E-state index is -1.03. The lowest BCUT2D eigenvalue weighted by atomic mass is 9.75. The lowest BCUT2D eigenvalue weighted by Crippen LogP contribution is -2.62. The summed E-state index contributed by atoms with van der Waals surface area (Å²) in [5.74, 6) is -1.30. The van der Waals surface area contributed by atoms with Gasteiger partial charge in [0.05, 0.1) is 0 Å². The van der Waals surface area contributed by atoms with Gasteiger partial charge >= 0.3 is 5.97 Å². The van der Waals surface area contributed by atoms with E-state index in [-0.39, 0.29) is 31.2 Å². The average Bonchev–Trinajstić information content (AvgIpc) is 1.93. The summed E-state index contributed by atoms with van der Waals surface area (Å²) < 4.78 is 0. The number of carboxylic acid groups (broad SMARTS) is 1. The second-order valence-electron chi connectivity index (χ2n) is 3.84. The first kappa shape index (κ1) is 10.7. The second kappa shape index (κ2) is 3.40. The zero-order valence-corrected chi connectivity index (χ0v) is 8.24. The lowest BCUT2D eigenvalue weighted by Gasteiger charge is -2.46. The molecule has 1 N–H and O–H groups in total. The maximum Gasteiger partial charge on any atom is 0.313 e. The average molecular weight is 199 g/mol. The van der Waals surface area contributed by atoms with Gasteiger partial charge in [-0.3, -0.25) is 14.4 Å². The Bertz CT molecular complexity index is 291. The Morgan fingerprint density at radius 3 is 2.07 bits per heavy atom. The number of rotatable bonds is 3. The van der Waals surface area contributed by atoms with Gasteiger partial charge in [-0.25, -0.2) is 0 Å². The van der Waals surface area contributed by atoms with Gasteiger partial charge in [-0.05, 0) is 6.92 Å². The highest BCUT2D eigenvalue weighted by molar-refractivity contribution is 5.88. The number of carbonyl (C=O) groups is 3. The molecule has 5 nitrogen and oxygen atoms in total. The number of likely N-dealkylation sites (tertiary alicyclic amines) is 1. The lowest BCUT2D eigenvalue weighted by molar-refractivity contribution is -0.167. The number of carboxylic acids is 1. The van der Waals surface area contributed by atoms with Crippen LogP contribution >= 0.6 is 0 Å². The van der Waals surface area contributed by atoms with E-state index < -0.39 is 11.4 Å². The van der Waals surface area contributed by atoms with E-state index >= 15 is 0 Å². The number of ketones is 1. The largest absolute Gasteiger partial charge is 0.481 e. The molecule has 78 valence electrons. The van der Waals surface area contributed by atoms with Gasteiger partial charge < -0.3 is 10.0 Å². The second-order valence-corrected chi connectivity index (χ2v) is 3.84. The molecule has 1 saturated heterocycles. The van der Waals surface area contributed by atoms with Crippen molar-refractivity contribution in [2.75, 3.05) is 13.1 Å². The first-order valence-corrected chi connectivity index (χ1v) is 4.36. The smallest absolute Gasteiger partial charge is 0.313 e. The molecule has 0 radical (unpaired) electrons. The standard InChI is InChI=1S/C9H13NO4/c1-6(11)3-9(8(13)14)4-10(5-9)7(2)12/h3-5H2,1-2H3,(H,13,14). The fourth-order valence-corrected chi connectivity index (χ4v) is 1.71. The van der Waals surface area contributed by atoms with Crippen LogP contribution in [0.5, 0.6) is 0 Å². The van der Waals surface area contributed by atoms with E-state index in [9.17, 15) is 14.4 Å². The molecular formula is C9H13NO4. The SMILES string of the molecule is CC(=O)CC1(C(=O)O)CN(C(C)=O)C1. The summed E-state index contributed by atoms with van der Waals surface area (Å²) >= 11 is 0. The first-order chi connectivity index (χ1) is 6.37. The summed E-state index contributed by atoms with van der Waals surface area (Å²) in [7, 11) is 0. The Morgan fingerprint density at radius 2 is 1.79 bits per heavy atom. The Balaban J connectivity index is 2.67. The molecule has 5 heteroatoms. The number of hydrogen-bond donors (Lipinski definition) is 1. The van der Waals surface area contributed by atoms with Crippen molar-refractivity contribution < 1.29 is 19.5 Å². The van der Waals surface area contributed by atoms with Crippen LogP contribution in [0.1, 0.15) is 20.3 Å². The van der Waals surface area contributed by atoms with Crippen molar-refractivity contribution in [3.63, 3.8) is 0 Å². The third-order valence-electron chi connectivity index (χ3n) is 2.47. The van der Waals surface area contributed by atoms with Crippen LogP contribution in [0, 0.1) is 5.41 Å². The molecular weight excluding hydrogens is 186 g/mol. The summed E-state index contributed by atoms with van der Waals surface area (Å²) in [4.78, 5) is 34.1. The van der Waals surface area contributed by atoms with E-state index in [1.165, 1.54) is 18.7 Å². The number of hydrogen-bond acceptors (Lipinski definition) is 3. The van der Waals surface area contributed by atoms with Crippen LogP contribution in [0.4, 0.5) is 0 Å². The monoisotopic (exact) mass is 199 g/mol. The predicted octanol–water partition coefficient (Wildman–Crippen LogP) is -0.101. The molecule has 0 aromatic heterocycles. The molecule has 1 aliphatic heterocycles. The molecule has 0 atom stereocenters. The van der Waals surface area contributed by atoms with Crippen molar-refractivity contribution in [2.24, 2.45) is 5.41 Å². The molecule has 14 heavy (non-hydrogen) atoms. The third-order valence-corrected chi connectivity index (χ3v) is 2.47. The molecule has 1 aliphatic rings. The zero-order chi connectivity index (χ0) is 10.9.